The van der Waals surface area contributed by atoms with Crippen LogP contribution < -0.4 is 10.5 Å². The quantitative estimate of drug-likeness (QED) is 0.783. The lowest BCUT2D eigenvalue weighted by atomic mass is 9.94. The number of rotatable bonds is 5. The predicted molar refractivity (Wildman–Crippen MR) is 80.6 cm³/mol. The van der Waals surface area contributed by atoms with Crippen LogP contribution in [-0.4, -0.2) is 13.9 Å². The highest BCUT2D eigenvalue weighted by molar-refractivity contribution is 7.90. The number of nitrogens with two attached hydrogens (primary N) is 1. The largest absolute Gasteiger partial charge is 0.511 e. The van der Waals surface area contributed by atoms with Crippen LogP contribution in [0.5, 0.6) is 0 Å². The summed E-state index contributed by atoms with van der Waals surface area (Å²) >= 11 is 0. The summed E-state index contributed by atoms with van der Waals surface area (Å²) in [5.41, 5.74) is -0.545. The molecule has 0 fully saturated rings. The topological polar surface area (TPSA) is 72.2 Å². The van der Waals surface area contributed by atoms with Gasteiger partial charge in [0.1, 0.15) is 11.6 Å². The third kappa shape index (κ3) is 4.14. The van der Waals surface area contributed by atoms with Gasteiger partial charge in [-0.3, -0.25) is 0 Å². The molecule has 0 saturated carbocycles. The molecule has 0 spiro atoms. The Balaban J connectivity index is 2.54. The highest BCUT2D eigenvalue weighted by Gasteiger charge is 2.48. The third-order valence-electron chi connectivity index (χ3n) is 3.45. The molecule has 0 radical (unpaired) electrons. The lowest BCUT2D eigenvalue weighted by Crippen LogP contribution is -2.43. The zero-order valence-electron chi connectivity index (χ0n) is 12.5. The van der Waals surface area contributed by atoms with Crippen LogP contribution in [0.2, 0.25) is 0 Å². The molecule has 0 aliphatic rings. The molecule has 3 N–H and O–H groups in total. The molecule has 2 aromatic carbocycles. The van der Waals surface area contributed by atoms with Gasteiger partial charge in [-0.2, -0.15) is 17.9 Å². The van der Waals surface area contributed by atoms with Gasteiger partial charge in [-0.15, -0.1) is 0 Å². The van der Waals surface area contributed by atoms with E-state index in [1.54, 1.807) is 0 Å². The van der Waals surface area contributed by atoms with Crippen LogP contribution in [0.1, 0.15) is 23.2 Å². The molecular formula is C15H13F5N2O2S. The van der Waals surface area contributed by atoms with E-state index in [2.05, 4.69) is 0 Å². The van der Waals surface area contributed by atoms with Crippen LogP contribution in [0.15, 0.2) is 48.5 Å². The summed E-state index contributed by atoms with van der Waals surface area (Å²) in [4.78, 5) is 0. The summed E-state index contributed by atoms with van der Waals surface area (Å²) in [6.07, 6.45) is 0. The molecule has 0 unspecified atom stereocenters. The summed E-state index contributed by atoms with van der Waals surface area (Å²) in [5, 5.41) is 0. The van der Waals surface area contributed by atoms with Crippen molar-refractivity contribution in [2.45, 2.75) is 17.6 Å². The fourth-order valence-corrected chi connectivity index (χ4v) is 2.96. The third-order valence-corrected chi connectivity index (χ3v) is 4.62. The van der Waals surface area contributed by atoms with Gasteiger partial charge in [0.25, 0.3) is 0 Å². The lowest BCUT2D eigenvalue weighted by Gasteiger charge is -2.26. The molecule has 4 nitrogen and oxygen atoms in total. The summed E-state index contributed by atoms with van der Waals surface area (Å²) in [6, 6.07) is 5.96. The highest BCUT2D eigenvalue weighted by Crippen LogP contribution is 2.33. The van der Waals surface area contributed by atoms with E-state index in [0.717, 1.165) is 18.2 Å². The molecule has 0 bridgehead atoms. The van der Waals surface area contributed by atoms with Crippen molar-refractivity contribution < 1.29 is 30.4 Å². The minimum absolute atomic E-state index is 0.263. The zero-order valence-corrected chi connectivity index (χ0v) is 13.3. The van der Waals surface area contributed by atoms with Crippen molar-refractivity contribution >= 4 is 10.0 Å². The number of hydrogen-bond donors (Lipinski definition) is 2. The van der Waals surface area contributed by atoms with Crippen molar-refractivity contribution in [1.29, 1.82) is 0 Å². The highest BCUT2D eigenvalue weighted by atomic mass is 32.2. The fraction of sp³-hybridized carbons (Fsp3) is 0.200. The normalized spacial score (nSPS) is 15.0. The molecule has 25 heavy (non-hydrogen) atoms. The first-order valence-electron chi connectivity index (χ1n) is 6.87. The summed E-state index contributed by atoms with van der Waals surface area (Å²) in [7, 11) is -5.85. The minimum Gasteiger partial charge on any atom is -0.322 e. The smallest absolute Gasteiger partial charge is 0.322 e. The molecule has 2 aromatic rings. The molecular weight excluding hydrogens is 367 g/mol. The second-order valence-corrected chi connectivity index (χ2v) is 6.82. The molecule has 0 aliphatic carbocycles. The molecule has 136 valence electrons. The average Bonchev–Trinajstić information content (AvgIpc) is 2.52. The molecule has 0 heterocycles. The predicted octanol–water partition coefficient (Wildman–Crippen LogP) is 3.15. The van der Waals surface area contributed by atoms with Crippen molar-refractivity contribution in [2.75, 3.05) is 0 Å². The van der Waals surface area contributed by atoms with Gasteiger partial charge in [-0.05, 0) is 12.1 Å². The Morgan fingerprint density at radius 3 is 1.76 bits per heavy atom. The van der Waals surface area contributed by atoms with E-state index in [0.29, 0.717) is 0 Å². The van der Waals surface area contributed by atoms with Crippen LogP contribution in [0.3, 0.4) is 0 Å². The second-order valence-electron chi connectivity index (χ2n) is 5.11. The second kappa shape index (κ2) is 7.06. The van der Waals surface area contributed by atoms with Gasteiger partial charge in [0, 0.05) is 11.1 Å². The number of alkyl halides is 3. The zero-order chi connectivity index (χ0) is 18.8. The average molecular weight is 380 g/mol. The first-order chi connectivity index (χ1) is 11.5. The molecule has 0 aromatic heterocycles. The van der Waals surface area contributed by atoms with E-state index in [1.165, 1.54) is 35.1 Å². The van der Waals surface area contributed by atoms with E-state index >= 15 is 0 Å². The maximum absolute atomic E-state index is 14.0. The van der Waals surface area contributed by atoms with Crippen LogP contribution in [0.25, 0.3) is 0 Å². The maximum Gasteiger partial charge on any atom is 0.511 e. The Labute approximate surface area is 140 Å². The van der Waals surface area contributed by atoms with Gasteiger partial charge in [0.15, 0.2) is 0 Å². The van der Waals surface area contributed by atoms with E-state index in [9.17, 15) is 30.4 Å². The van der Waals surface area contributed by atoms with E-state index in [4.69, 9.17) is 5.73 Å². The van der Waals surface area contributed by atoms with Crippen LogP contribution in [-0.2, 0) is 10.0 Å². The first-order valence-corrected chi connectivity index (χ1v) is 8.36. The molecule has 10 heteroatoms. The van der Waals surface area contributed by atoms with Gasteiger partial charge < -0.3 is 5.73 Å². The molecule has 2 rings (SSSR count). The molecule has 0 aliphatic heterocycles. The van der Waals surface area contributed by atoms with E-state index in [1.807, 2.05) is 0 Å². The maximum atomic E-state index is 14.0. The molecule has 2 atom stereocenters. The summed E-state index contributed by atoms with van der Waals surface area (Å²) in [5.74, 6) is -1.84. The van der Waals surface area contributed by atoms with Crippen molar-refractivity contribution in [3.05, 3.63) is 71.3 Å². The molecule has 0 saturated heterocycles. The van der Waals surface area contributed by atoms with Gasteiger partial charge in [0.05, 0.1) is 12.1 Å². The Morgan fingerprint density at radius 1 is 0.880 bits per heavy atom. The van der Waals surface area contributed by atoms with Gasteiger partial charge in [-0.1, -0.05) is 36.4 Å². The van der Waals surface area contributed by atoms with Crippen molar-refractivity contribution in [2.24, 2.45) is 5.73 Å². The van der Waals surface area contributed by atoms with Crippen molar-refractivity contribution in [3.63, 3.8) is 0 Å². The van der Waals surface area contributed by atoms with Crippen LogP contribution in [0.4, 0.5) is 22.0 Å². The lowest BCUT2D eigenvalue weighted by molar-refractivity contribution is -0.0452. The van der Waals surface area contributed by atoms with Gasteiger partial charge in [0.2, 0.25) is 0 Å². The SMILES string of the molecule is N[C@@H](c1ccccc1F)[C@@H](NS(=O)(=O)C(F)(F)F)c1ccccc1F. The Morgan fingerprint density at radius 2 is 1.32 bits per heavy atom. The van der Waals surface area contributed by atoms with E-state index < -0.39 is 44.8 Å². The minimum atomic E-state index is -5.85. The van der Waals surface area contributed by atoms with Crippen molar-refractivity contribution in [3.8, 4) is 0 Å². The number of hydrogen-bond acceptors (Lipinski definition) is 3. The van der Waals surface area contributed by atoms with Crippen LogP contribution in [0, 0.1) is 11.6 Å². The number of nitrogens with one attached hydrogen (secondary N) is 1. The summed E-state index contributed by atoms with van der Waals surface area (Å²) < 4.78 is 90.3. The number of sulfonamides is 1. The Hall–Kier alpha value is -2.04. The fourth-order valence-electron chi connectivity index (χ4n) is 2.22. The van der Waals surface area contributed by atoms with Gasteiger partial charge >= 0.3 is 15.5 Å². The number of halogens is 5. The Bertz CT molecular complexity index is 855. The van der Waals surface area contributed by atoms with Gasteiger partial charge in [-0.25, -0.2) is 17.2 Å². The van der Waals surface area contributed by atoms with E-state index in [-0.39, 0.29) is 5.56 Å². The Kier molecular flexibility index (Phi) is 5.45. The summed E-state index contributed by atoms with van der Waals surface area (Å²) in [6.45, 7) is 0. The monoisotopic (exact) mass is 380 g/mol. The molecule has 0 amide bonds. The van der Waals surface area contributed by atoms with Crippen molar-refractivity contribution in [1.82, 2.24) is 4.72 Å². The first kappa shape index (κ1) is 19.3. The standard InChI is InChI=1S/C15H13F5N2O2S/c16-11-7-3-1-5-9(11)13(21)14(10-6-2-4-8-12(10)17)22-25(23,24)15(18,19)20/h1-8,13-14,22H,21H2/t13-,14-/m0/s1. The van der Waals surface area contributed by atoms with Crippen LogP contribution >= 0.6 is 0 Å². The number of benzene rings is 2.